The highest BCUT2D eigenvalue weighted by Gasteiger charge is 1.86. The third-order valence-corrected chi connectivity index (χ3v) is 0.876. The molecule has 0 atom stereocenters. The molecule has 42 valence electrons. The van der Waals surface area contributed by atoms with Gasteiger partial charge < -0.3 is 5.32 Å². The monoisotopic (exact) mass is 119 g/mol. The number of hydrogen-bond donors (Lipinski definition) is 1. The fraction of sp³-hybridized carbons (Fsp3) is 1.00. The minimum absolute atomic E-state index is 0.179. The van der Waals surface area contributed by atoms with E-state index in [0.717, 1.165) is 0 Å². The standard InChI is InChI=1S/C4H10NOP/c1-4(2)5-3-7-6/h4-5H,3H2,1-2H3. The van der Waals surface area contributed by atoms with Gasteiger partial charge in [0.25, 0.3) is 0 Å². The van der Waals surface area contributed by atoms with Crippen LogP contribution in [0.1, 0.15) is 13.8 Å². The Morgan fingerprint density at radius 1 is 1.71 bits per heavy atom. The van der Waals surface area contributed by atoms with Crippen LogP contribution < -0.4 is 5.32 Å². The highest BCUT2D eigenvalue weighted by atomic mass is 31.1. The normalized spacial score (nSPS) is 10.7. The third-order valence-electron chi connectivity index (χ3n) is 0.564. The van der Waals surface area contributed by atoms with Crippen molar-refractivity contribution in [3.63, 3.8) is 0 Å². The maximum Gasteiger partial charge on any atom is 0.170 e. The van der Waals surface area contributed by atoms with E-state index in [-0.39, 0.29) is 8.46 Å². The Labute approximate surface area is 45.5 Å². The zero-order valence-electron chi connectivity index (χ0n) is 4.64. The van der Waals surface area contributed by atoms with Crippen molar-refractivity contribution >= 4 is 8.46 Å². The Balaban J connectivity index is 2.81. The molecule has 0 rings (SSSR count). The smallest absolute Gasteiger partial charge is 0.170 e. The largest absolute Gasteiger partial charge is 0.304 e. The van der Waals surface area contributed by atoms with Crippen molar-refractivity contribution in [1.29, 1.82) is 0 Å². The van der Waals surface area contributed by atoms with E-state index in [1.165, 1.54) is 0 Å². The van der Waals surface area contributed by atoms with Crippen LogP contribution in [0.15, 0.2) is 0 Å². The SMILES string of the molecule is CC(C)NCP=O. The van der Waals surface area contributed by atoms with Gasteiger partial charge in [-0.1, -0.05) is 13.8 Å². The molecular formula is C4H10NOP. The highest BCUT2D eigenvalue weighted by molar-refractivity contribution is 7.23. The quantitative estimate of drug-likeness (QED) is 0.566. The van der Waals surface area contributed by atoms with Crippen molar-refractivity contribution in [1.82, 2.24) is 5.32 Å². The minimum Gasteiger partial charge on any atom is -0.304 e. The van der Waals surface area contributed by atoms with Crippen molar-refractivity contribution in [2.24, 2.45) is 0 Å². The molecule has 0 heterocycles. The van der Waals surface area contributed by atoms with Crippen molar-refractivity contribution < 1.29 is 4.57 Å². The molecule has 0 aliphatic heterocycles. The molecule has 0 saturated carbocycles. The third kappa shape index (κ3) is 6.06. The van der Waals surface area contributed by atoms with Crippen LogP contribution in [-0.2, 0) is 4.57 Å². The lowest BCUT2D eigenvalue weighted by Crippen LogP contribution is -2.20. The van der Waals surface area contributed by atoms with Gasteiger partial charge in [-0.05, 0) is 0 Å². The van der Waals surface area contributed by atoms with E-state index in [1.54, 1.807) is 0 Å². The van der Waals surface area contributed by atoms with Crippen LogP contribution >= 0.6 is 8.46 Å². The molecule has 1 N–H and O–H groups in total. The van der Waals surface area contributed by atoms with Crippen LogP contribution in [0, 0.1) is 0 Å². The molecule has 0 radical (unpaired) electrons. The Morgan fingerprint density at radius 2 is 2.29 bits per heavy atom. The lowest BCUT2D eigenvalue weighted by molar-refractivity contribution is 0.585. The Morgan fingerprint density at radius 3 is 2.43 bits per heavy atom. The van der Waals surface area contributed by atoms with Crippen molar-refractivity contribution in [2.75, 3.05) is 6.29 Å². The lowest BCUT2D eigenvalue weighted by atomic mass is 10.4. The van der Waals surface area contributed by atoms with E-state index in [9.17, 15) is 4.57 Å². The summed E-state index contributed by atoms with van der Waals surface area (Å²) in [5, 5.41) is 2.97. The summed E-state index contributed by atoms with van der Waals surface area (Å²) < 4.78 is 9.74. The second-order valence-electron chi connectivity index (χ2n) is 1.65. The first-order valence-electron chi connectivity index (χ1n) is 2.30. The minimum atomic E-state index is 0.179. The molecule has 7 heavy (non-hydrogen) atoms. The first-order valence-corrected chi connectivity index (χ1v) is 3.29. The van der Waals surface area contributed by atoms with Crippen molar-refractivity contribution in [2.45, 2.75) is 19.9 Å². The fourth-order valence-electron chi connectivity index (χ4n) is 0.220. The number of rotatable bonds is 3. The molecule has 0 spiro atoms. The summed E-state index contributed by atoms with van der Waals surface area (Å²) in [7, 11) is 0.179. The van der Waals surface area contributed by atoms with Crippen LogP contribution in [-0.4, -0.2) is 12.3 Å². The number of hydrogen-bond acceptors (Lipinski definition) is 2. The second kappa shape index (κ2) is 4.23. The van der Waals surface area contributed by atoms with Gasteiger partial charge in [0.2, 0.25) is 0 Å². The predicted octanol–water partition coefficient (Wildman–Crippen LogP) is 1.23. The van der Waals surface area contributed by atoms with Gasteiger partial charge in [-0.25, -0.2) is 0 Å². The molecule has 0 aliphatic rings. The van der Waals surface area contributed by atoms with E-state index in [4.69, 9.17) is 0 Å². The summed E-state index contributed by atoms with van der Waals surface area (Å²) in [6, 6.07) is 0.446. The Kier molecular flexibility index (Phi) is 4.26. The molecule has 3 heteroatoms. The summed E-state index contributed by atoms with van der Waals surface area (Å²) in [6.45, 7) is 4.04. The van der Waals surface area contributed by atoms with E-state index in [1.807, 2.05) is 13.8 Å². The first kappa shape index (κ1) is 7.06. The van der Waals surface area contributed by atoms with Crippen LogP contribution in [0.25, 0.3) is 0 Å². The van der Waals surface area contributed by atoms with E-state index < -0.39 is 0 Å². The van der Waals surface area contributed by atoms with Crippen LogP contribution in [0.4, 0.5) is 0 Å². The zero-order chi connectivity index (χ0) is 5.70. The summed E-state index contributed by atoms with van der Waals surface area (Å²) in [4.78, 5) is 0. The maximum absolute atomic E-state index is 9.74. The predicted molar refractivity (Wildman–Crippen MR) is 30.7 cm³/mol. The Hall–Kier alpha value is 0.0600. The zero-order valence-corrected chi connectivity index (χ0v) is 5.53. The molecule has 0 aromatic heterocycles. The summed E-state index contributed by atoms with van der Waals surface area (Å²) in [5.41, 5.74) is 0. The van der Waals surface area contributed by atoms with Crippen LogP contribution in [0.2, 0.25) is 0 Å². The molecule has 0 bridgehead atoms. The van der Waals surface area contributed by atoms with E-state index in [0.29, 0.717) is 12.3 Å². The average molecular weight is 119 g/mol. The fourth-order valence-corrected chi connectivity index (χ4v) is 0.660. The van der Waals surface area contributed by atoms with Gasteiger partial charge in [0, 0.05) is 6.04 Å². The van der Waals surface area contributed by atoms with Gasteiger partial charge in [-0.3, -0.25) is 4.57 Å². The van der Waals surface area contributed by atoms with Gasteiger partial charge in [-0.2, -0.15) is 0 Å². The topological polar surface area (TPSA) is 29.1 Å². The first-order chi connectivity index (χ1) is 3.27. The maximum atomic E-state index is 9.74. The molecule has 0 amide bonds. The highest BCUT2D eigenvalue weighted by Crippen LogP contribution is 1.86. The molecular weight excluding hydrogens is 109 g/mol. The molecule has 0 unspecified atom stereocenters. The van der Waals surface area contributed by atoms with Crippen LogP contribution in [0.3, 0.4) is 0 Å². The van der Waals surface area contributed by atoms with E-state index in [2.05, 4.69) is 5.32 Å². The molecule has 0 aliphatic carbocycles. The second-order valence-corrected chi connectivity index (χ2v) is 2.22. The summed E-state index contributed by atoms with van der Waals surface area (Å²) >= 11 is 0. The molecule has 0 fully saturated rings. The van der Waals surface area contributed by atoms with E-state index >= 15 is 0 Å². The molecule has 0 aromatic rings. The van der Waals surface area contributed by atoms with Gasteiger partial charge in [0.1, 0.15) is 0 Å². The van der Waals surface area contributed by atoms with Crippen LogP contribution in [0.5, 0.6) is 0 Å². The van der Waals surface area contributed by atoms with Crippen molar-refractivity contribution in [3.8, 4) is 0 Å². The lowest BCUT2D eigenvalue weighted by Gasteiger charge is -1.99. The summed E-state index contributed by atoms with van der Waals surface area (Å²) in [6.07, 6.45) is 0.567. The van der Waals surface area contributed by atoms with Crippen molar-refractivity contribution in [3.05, 3.63) is 0 Å². The average Bonchev–Trinajstić information content (AvgIpc) is 1.61. The molecule has 2 nitrogen and oxygen atoms in total. The van der Waals surface area contributed by atoms with Gasteiger partial charge >= 0.3 is 0 Å². The van der Waals surface area contributed by atoms with Gasteiger partial charge in [-0.15, -0.1) is 0 Å². The van der Waals surface area contributed by atoms with Gasteiger partial charge in [0.15, 0.2) is 8.46 Å². The van der Waals surface area contributed by atoms with Gasteiger partial charge in [0.05, 0.1) is 6.29 Å². The Bertz CT molecular complexity index is 55.7. The number of nitrogens with one attached hydrogen (secondary N) is 1. The molecule has 0 aromatic carbocycles. The summed E-state index contributed by atoms with van der Waals surface area (Å²) in [5.74, 6) is 0. The molecule has 0 saturated heterocycles.